The number of halogens is 1. The monoisotopic (exact) mass is 412 g/mol. The summed E-state index contributed by atoms with van der Waals surface area (Å²) in [6.45, 7) is 0. The van der Waals surface area contributed by atoms with E-state index in [1.807, 2.05) is 19.0 Å². The summed E-state index contributed by atoms with van der Waals surface area (Å²) in [5.74, 6) is -0.761. The number of amides is 2. The molecule has 146 valence electrons. The van der Waals surface area contributed by atoms with Gasteiger partial charge in [0, 0.05) is 32.6 Å². The molecule has 1 N–H and O–H groups in total. The maximum absolute atomic E-state index is 12.5. The Balaban J connectivity index is 1.75. The molecule has 0 aliphatic carbocycles. The molecule has 0 bridgehead atoms. The van der Waals surface area contributed by atoms with Gasteiger partial charge in [-0.25, -0.2) is 13.4 Å². The van der Waals surface area contributed by atoms with E-state index < -0.39 is 21.8 Å². The normalized spacial score (nSPS) is 21.7. The molecular weight excluding hydrogens is 392 g/mol. The number of nitrogens with zero attached hydrogens (tertiary/aromatic N) is 3. The highest BCUT2D eigenvalue weighted by Crippen LogP contribution is 2.28. The van der Waals surface area contributed by atoms with Gasteiger partial charge in [0.1, 0.15) is 5.71 Å². The first-order valence-electron chi connectivity index (χ1n) is 8.54. The molecule has 27 heavy (non-hydrogen) atoms. The van der Waals surface area contributed by atoms with E-state index >= 15 is 0 Å². The largest absolute Gasteiger partial charge is 0.376 e. The van der Waals surface area contributed by atoms with Crippen LogP contribution in [0.15, 0.2) is 23.3 Å². The van der Waals surface area contributed by atoms with E-state index in [2.05, 4.69) is 10.4 Å². The molecule has 0 unspecified atom stereocenters. The lowest BCUT2D eigenvalue weighted by molar-refractivity contribution is -0.133. The summed E-state index contributed by atoms with van der Waals surface area (Å²) in [6, 6.07) is 4.67. The highest BCUT2D eigenvalue weighted by atomic mass is 35.5. The van der Waals surface area contributed by atoms with Gasteiger partial charge in [0.2, 0.25) is 5.91 Å². The van der Waals surface area contributed by atoms with Gasteiger partial charge in [-0.15, -0.1) is 0 Å². The van der Waals surface area contributed by atoms with Crippen molar-refractivity contribution in [2.45, 2.75) is 25.3 Å². The van der Waals surface area contributed by atoms with Gasteiger partial charge in [0.25, 0.3) is 5.91 Å². The van der Waals surface area contributed by atoms with Crippen LogP contribution in [0.5, 0.6) is 0 Å². The molecule has 8 nitrogen and oxygen atoms in total. The van der Waals surface area contributed by atoms with Crippen LogP contribution in [0.25, 0.3) is 0 Å². The third kappa shape index (κ3) is 4.41. The molecule has 1 atom stereocenters. The van der Waals surface area contributed by atoms with Crippen molar-refractivity contribution in [2.24, 2.45) is 5.10 Å². The number of benzene rings is 1. The van der Waals surface area contributed by atoms with E-state index in [4.69, 9.17) is 11.6 Å². The molecule has 2 aliphatic rings. The van der Waals surface area contributed by atoms with Crippen LogP contribution in [0.3, 0.4) is 0 Å². The smallest absolute Gasteiger partial charge is 0.271 e. The fraction of sp³-hybridized carbons (Fsp3) is 0.471. The second-order valence-electron chi connectivity index (χ2n) is 6.86. The lowest BCUT2D eigenvalue weighted by Gasteiger charge is -2.27. The van der Waals surface area contributed by atoms with Crippen molar-refractivity contribution in [1.29, 1.82) is 0 Å². The zero-order chi connectivity index (χ0) is 19.8. The molecule has 2 aliphatic heterocycles. The van der Waals surface area contributed by atoms with Gasteiger partial charge < -0.3 is 10.2 Å². The summed E-state index contributed by atoms with van der Waals surface area (Å²) in [7, 11) is 0.579. The molecule has 0 radical (unpaired) electrons. The average molecular weight is 413 g/mol. The van der Waals surface area contributed by atoms with Crippen molar-refractivity contribution in [2.75, 3.05) is 35.8 Å². The van der Waals surface area contributed by atoms with Crippen LogP contribution in [0.2, 0.25) is 5.02 Å². The first-order chi connectivity index (χ1) is 12.7. The molecule has 3 rings (SSSR count). The molecule has 1 aromatic rings. The van der Waals surface area contributed by atoms with Crippen molar-refractivity contribution in [3.63, 3.8) is 0 Å². The maximum atomic E-state index is 12.5. The van der Waals surface area contributed by atoms with Crippen molar-refractivity contribution >= 4 is 50.3 Å². The first-order valence-corrected chi connectivity index (χ1v) is 10.7. The van der Waals surface area contributed by atoms with E-state index in [1.54, 1.807) is 18.2 Å². The molecule has 0 aromatic heterocycles. The topological polar surface area (TPSA) is 99.2 Å². The number of anilines is 2. The Kier molecular flexibility index (Phi) is 5.43. The minimum Gasteiger partial charge on any atom is -0.376 e. The summed E-state index contributed by atoms with van der Waals surface area (Å²) in [5.41, 5.74) is 1.54. The van der Waals surface area contributed by atoms with Crippen LogP contribution in [0.4, 0.5) is 11.4 Å². The molecular formula is C17H21ClN4O4S. The third-order valence-electron chi connectivity index (χ3n) is 4.56. The molecule has 0 spiro atoms. The molecule has 2 amide bonds. The number of carbonyl (C=O) groups excluding carboxylic acids is 2. The standard InChI is InChI=1S/C17H21ClN4O4S/c1-21(2)15-5-3-11(9-13(15)18)19-17(24)14-4-6-16(23)22(20-14)12-7-8-27(25,26)10-12/h3,5,9,12H,4,6-8,10H2,1-2H3,(H,19,24)/t12-/m1/s1. The Labute approximate surface area is 163 Å². The quantitative estimate of drug-likeness (QED) is 0.808. The lowest BCUT2D eigenvalue weighted by Crippen LogP contribution is -2.42. The number of carbonyl (C=O) groups is 2. The van der Waals surface area contributed by atoms with Gasteiger partial charge >= 0.3 is 0 Å². The van der Waals surface area contributed by atoms with Crippen molar-refractivity contribution in [3.8, 4) is 0 Å². The predicted octanol–water partition coefficient (Wildman–Crippen LogP) is 1.51. The maximum Gasteiger partial charge on any atom is 0.271 e. The lowest BCUT2D eigenvalue weighted by atomic mass is 10.1. The molecule has 1 saturated heterocycles. The number of rotatable bonds is 4. The molecule has 1 aromatic carbocycles. The number of sulfone groups is 1. The summed E-state index contributed by atoms with van der Waals surface area (Å²) in [5, 5.41) is 8.56. The van der Waals surface area contributed by atoms with Crippen LogP contribution in [-0.4, -0.2) is 62.6 Å². The second-order valence-corrected chi connectivity index (χ2v) is 9.49. The van der Waals surface area contributed by atoms with Crippen LogP contribution >= 0.6 is 11.6 Å². The fourth-order valence-electron chi connectivity index (χ4n) is 3.14. The van der Waals surface area contributed by atoms with E-state index in [-0.39, 0.29) is 36.0 Å². The fourth-order valence-corrected chi connectivity index (χ4v) is 5.18. The SMILES string of the molecule is CN(C)c1ccc(NC(=O)C2=NN([C@@H]3CCS(=O)(=O)C3)C(=O)CC2)cc1Cl. The van der Waals surface area contributed by atoms with Crippen LogP contribution in [0.1, 0.15) is 19.3 Å². The van der Waals surface area contributed by atoms with Gasteiger partial charge in [-0.2, -0.15) is 5.10 Å². The Morgan fingerprint density at radius 1 is 1.33 bits per heavy atom. The number of nitrogens with one attached hydrogen (secondary N) is 1. The van der Waals surface area contributed by atoms with E-state index in [1.165, 1.54) is 5.01 Å². The first kappa shape index (κ1) is 19.6. The highest BCUT2D eigenvalue weighted by molar-refractivity contribution is 7.91. The van der Waals surface area contributed by atoms with E-state index in [9.17, 15) is 18.0 Å². The van der Waals surface area contributed by atoms with Crippen molar-refractivity contribution < 1.29 is 18.0 Å². The van der Waals surface area contributed by atoms with Gasteiger partial charge in [0.15, 0.2) is 9.84 Å². The van der Waals surface area contributed by atoms with Gasteiger partial charge in [0.05, 0.1) is 28.3 Å². The van der Waals surface area contributed by atoms with Crippen LogP contribution in [-0.2, 0) is 19.4 Å². The highest BCUT2D eigenvalue weighted by Gasteiger charge is 2.37. The predicted molar refractivity (Wildman–Crippen MR) is 105 cm³/mol. The van der Waals surface area contributed by atoms with Gasteiger partial charge in [-0.1, -0.05) is 11.6 Å². The van der Waals surface area contributed by atoms with E-state index in [0.29, 0.717) is 17.1 Å². The Hall–Kier alpha value is -2.13. The Morgan fingerprint density at radius 3 is 2.67 bits per heavy atom. The minimum absolute atomic E-state index is 0.0369. The van der Waals surface area contributed by atoms with Gasteiger partial charge in [-0.05, 0) is 24.6 Å². The van der Waals surface area contributed by atoms with Crippen LogP contribution in [0, 0.1) is 0 Å². The summed E-state index contributed by atoms with van der Waals surface area (Å²) < 4.78 is 23.3. The summed E-state index contributed by atoms with van der Waals surface area (Å²) >= 11 is 6.22. The Morgan fingerprint density at radius 2 is 2.07 bits per heavy atom. The van der Waals surface area contributed by atoms with Crippen molar-refractivity contribution in [3.05, 3.63) is 23.2 Å². The second kappa shape index (κ2) is 7.47. The number of hydrogen-bond donors (Lipinski definition) is 1. The zero-order valence-electron chi connectivity index (χ0n) is 15.1. The number of hydrogen-bond acceptors (Lipinski definition) is 6. The van der Waals surface area contributed by atoms with Crippen molar-refractivity contribution in [1.82, 2.24) is 5.01 Å². The summed E-state index contributed by atoms with van der Waals surface area (Å²) in [6.07, 6.45) is 0.682. The molecule has 1 fully saturated rings. The minimum atomic E-state index is -3.15. The molecule has 10 heteroatoms. The van der Waals surface area contributed by atoms with Crippen LogP contribution < -0.4 is 10.2 Å². The van der Waals surface area contributed by atoms with E-state index in [0.717, 1.165) is 5.69 Å². The van der Waals surface area contributed by atoms with Gasteiger partial charge in [-0.3, -0.25) is 9.59 Å². The third-order valence-corrected chi connectivity index (χ3v) is 6.62. The Bertz CT molecular complexity index is 914. The summed E-state index contributed by atoms with van der Waals surface area (Å²) in [4.78, 5) is 26.5. The molecule has 0 saturated carbocycles. The zero-order valence-corrected chi connectivity index (χ0v) is 16.7. The average Bonchev–Trinajstić information content (AvgIpc) is 2.94. The number of hydrazone groups is 1. The molecule has 2 heterocycles.